The van der Waals surface area contributed by atoms with E-state index >= 15 is 0 Å². The summed E-state index contributed by atoms with van der Waals surface area (Å²) >= 11 is 0. The number of hydrogen-bond donors (Lipinski definition) is 0. The van der Waals surface area contributed by atoms with Gasteiger partial charge in [0, 0.05) is 6.61 Å². The van der Waals surface area contributed by atoms with Gasteiger partial charge in [0.25, 0.3) is 0 Å². The van der Waals surface area contributed by atoms with Gasteiger partial charge in [-0.3, -0.25) is 0 Å². The minimum atomic E-state index is 0.792. The van der Waals surface area contributed by atoms with Gasteiger partial charge in [-0.1, -0.05) is 11.6 Å². The lowest BCUT2D eigenvalue weighted by molar-refractivity contribution is 0.342. The van der Waals surface area contributed by atoms with E-state index < -0.39 is 0 Å². The molecule has 0 N–H and O–H groups in total. The first kappa shape index (κ1) is 8.92. The maximum atomic E-state index is 4.70. The second-order valence-corrected chi connectivity index (χ2v) is 2.56. The monoisotopic (exact) mass is 141 g/mol. The summed E-state index contributed by atoms with van der Waals surface area (Å²) in [5, 5.41) is 0. The van der Waals surface area contributed by atoms with E-state index in [-0.39, 0.29) is 0 Å². The van der Waals surface area contributed by atoms with Gasteiger partial charge < -0.3 is 4.43 Å². The maximum Gasteiger partial charge on any atom is 0.246 e. The predicted molar refractivity (Wildman–Crippen MR) is 40.4 cm³/mol. The Bertz CT molecular complexity index is 84.9. The molecule has 0 spiro atoms. The highest BCUT2D eigenvalue weighted by Gasteiger charge is 1.81. The van der Waals surface area contributed by atoms with Crippen molar-refractivity contribution >= 4 is 10.5 Å². The minimum absolute atomic E-state index is 0.792. The highest BCUT2D eigenvalue weighted by molar-refractivity contribution is 5.97. The molecule has 0 unspecified atom stereocenters. The van der Waals surface area contributed by atoms with E-state index in [2.05, 4.69) is 30.4 Å². The summed E-state index contributed by atoms with van der Waals surface area (Å²) in [7, 11) is 2.94. The van der Waals surface area contributed by atoms with Crippen LogP contribution in [0.25, 0.3) is 0 Å². The van der Waals surface area contributed by atoms with Crippen LogP contribution in [0, 0.1) is 0 Å². The molecule has 0 amide bonds. The van der Waals surface area contributed by atoms with E-state index in [9.17, 15) is 0 Å². The zero-order valence-corrected chi connectivity index (χ0v) is 7.11. The van der Waals surface area contributed by atoms with Crippen LogP contribution in [0.4, 0.5) is 0 Å². The largest absolute Gasteiger partial charge is 0.419 e. The lowest BCUT2D eigenvalue weighted by Crippen LogP contribution is -1.87. The molecule has 0 rings (SSSR count). The minimum Gasteiger partial charge on any atom is -0.419 e. The van der Waals surface area contributed by atoms with Crippen LogP contribution in [-0.4, -0.2) is 17.1 Å². The highest BCUT2D eigenvalue weighted by atomic mass is 28.2. The fourth-order valence-corrected chi connectivity index (χ4v) is 0.691. The standard InChI is InChI=1S/C7H13OSi/c1-7(2)5-3-4-6-8-9/h5H,3-4,6H2,1-2H3. The van der Waals surface area contributed by atoms with Gasteiger partial charge in [0.15, 0.2) is 0 Å². The van der Waals surface area contributed by atoms with Gasteiger partial charge in [-0.2, -0.15) is 0 Å². The van der Waals surface area contributed by atoms with Crippen LogP contribution in [0.15, 0.2) is 11.6 Å². The molecule has 3 radical (unpaired) electrons. The van der Waals surface area contributed by atoms with Crippen LogP contribution in [0.3, 0.4) is 0 Å². The van der Waals surface area contributed by atoms with E-state index in [1.807, 2.05) is 0 Å². The Kier molecular flexibility index (Phi) is 5.99. The molecule has 0 aliphatic heterocycles. The lowest BCUT2D eigenvalue weighted by Gasteiger charge is -1.93. The molecule has 0 aliphatic carbocycles. The van der Waals surface area contributed by atoms with Crippen molar-refractivity contribution in [3.8, 4) is 0 Å². The van der Waals surface area contributed by atoms with Crippen LogP contribution in [0.1, 0.15) is 26.7 Å². The molecule has 0 atom stereocenters. The van der Waals surface area contributed by atoms with Crippen LogP contribution >= 0.6 is 0 Å². The van der Waals surface area contributed by atoms with Gasteiger partial charge in [0.1, 0.15) is 0 Å². The van der Waals surface area contributed by atoms with Gasteiger partial charge in [0.05, 0.1) is 0 Å². The Morgan fingerprint density at radius 1 is 1.56 bits per heavy atom. The number of unbranched alkanes of at least 4 members (excludes halogenated alkanes) is 1. The van der Waals surface area contributed by atoms with Crippen molar-refractivity contribution in [1.82, 2.24) is 0 Å². The van der Waals surface area contributed by atoms with Crippen LogP contribution in [-0.2, 0) is 4.43 Å². The smallest absolute Gasteiger partial charge is 0.246 e. The Labute approximate surface area is 60.6 Å². The van der Waals surface area contributed by atoms with Crippen molar-refractivity contribution in [2.45, 2.75) is 26.7 Å². The Morgan fingerprint density at radius 3 is 2.67 bits per heavy atom. The molecule has 0 aromatic carbocycles. The van der Waals surface area contributed by atoms with Gasteiger partial charge in [-0.25, -0.2) is 0 Å². The normalized spacial score (nSPS) is 9.22. The van der Waals surface area contributed by atoms with E-state index in [0.717, 1.165) is 19.4 Å². The molecule has 0 aromatic rings. The Balaban J connectivity index is 3.00. The van der Waals surface area contributed by atoms with Crippen molar-refractivity contribution in [3.05, 3.63) is 11.6 Å². The average Bonchev–Trinajstić information content (AvgIpc) is 1.80. The second-order valence-electron chi connectivity index (χ2n) is 2.27. The third-order valence-electron chi connectivity index (χ3n) is 1.00. The topological polar surface area (TPSA) is 9.23 Å². The molecular formula is C7H13OSi. The lowest BCUT2D eigenvalue weighted by atomic mass is 10.2. The van der Waals surface area contributed by atoms with Gasteiger partial charge in [-0.05, 0) is 26.7 Å². The molecule has 9 heavy (non-hydrogen) atoms. The molecule has 0 aliphatic rings. The van der Waals surface area contributed by atoms with E-state index in [1.54, 1.807) is 0 Å². The Morgan fingerprint density at radius 2 is 2.22 bits per heavy atom. The molecule has 51 valence electrons. The summed E-state index contributed by atoms with van der Waals surface area (Å²) in [6.07, 6.45) is 4.42. The first-order valence-electron chi connectivity index (χ1n) is 3.19. The highest BCUT2D eigenvalue weighted by Crippen LogP contribution is 1.95. The van der Waals surface area contributed by atoms with E-state index in [4.69, 9.17) is 4.43 Å². The number of rotatable bonds is 4. The summed E-state index contributed by atoms with van der Waals surface area (Å²) in [5.41, 5.74) is 1.38. The van der Waals surface area contributed by atoms with Crippen LogP contribution in [0.5, 0.6) is 0 Å². The molecular weight excluding hydrogens is 128 g/mol. The predicted octanol–water partition coefficient (Wildman–Crippen LogP) is 1.83. The zero-order chi connectivity index (χ0) is 7.11. The third-order valence-corrected chi connectivity index (χ3v) is 1.21. The fourth-order valence-electron chi connectivity index (χ4n) is 0.546. The van der Waals surface area contributed by atoms with Gasteiger partial charge >= 0.3 is 0 Å². The van der Waals surface area contributed by atoms with Crippen molar-refractivity contribution in [2.75, 3.05) is 6.61 Å². The second kappa shape index (κ2) is 6.04. The summed E-state index contributed by atoms with van der Waals surface area (Å²) < 4.78 is 4.70. The van der Waals surface area contributed by atoms with Crippen LogP contribution in [0.2, 0.25) is 0 Å². The van der Waals surface area contributed by atoms with Crippen molar-refractivity contribution in [2.24, 2.45) is 0 Å². The summed E-state index contributed by atoms with van der Waals surface area (Å²) in [4.78, 5) is 0. The maximum absolute atomic E-state index is 4.70. The quantitative estimate of drug-likeness (QED) is 0.330. The number of hydrogen-bond acceptors (Lipinski definition) is 1. The van der Waals surface area contributed by atoms with E-state index in [0.29, 0.717) is 0 Å². The molecule has 0 heterocycles. The molecule has 0 bridgehead atoms. The van der Waals surface area contributed by atoms with Crippen molar-refractivity contribution in [1.29, 1.82) is 0 Å². The first-order valence-corrected chi connectivity index (χ1v) is 3.60. The molecule has 0 fully saturated rings. The SMILES string of the molecule is CC(C)=CCCCO[Si]. The molecule has 0 aromatic heterocycles. The van der Waals surface area contributed by atoms with Crippen molar-refractivity contribution < 1.29 is 4.43 Å². The van der Waals surface area contributed by atoms with Gasteiger partial charge in [0.2, 0.25) is 10.5 Å². The number of allylic oxidation sites excluding steroid dienone is 2. The zero-order valence-electron chi connectivity index (χ0n) is 6.11. The first-order chi connectivity index (χ1) is 4.27. The molecule has 0 saturated heterocycles. The molecule has 2 heteroatoms. The fraction of sp³-hybridized carbons (Fsp3) is 0.714. The molecule has 1 nitrogen and oxygen atoms in total. The van der Waals surface area contributed by atoms with Crippen LogP contribution < -0.4 is 0 Å². The van der Waals surface area contributed by atoms with E-state index in [1.165, 1.54) is 5.57 Å². The van der Waals surface area contributed by atoms with Crippen molar-refractivity contribution in [3.63, 3.8) is 0 Å². The summed E-state index contributed by atoms with van der Waals surface area (Å²) in [5.74, 6) is 0. The molecule has 0 saturated carbocycles. The Hall–Kier alpha value is -0.0831. The summed E-state index contributed by atoms with van der Waals surface area (Å²) in [6, 6.07) is 0. The average molecular weight is 141 g/mol. The van der Waals surface area contributed by atoms with Gasteiger partial charge in [-0.15, -0.1) is 0 Å². The summed E-state index contributed by atoms with van der Waals surface area (Å²) in [6.45, 7) is 5.00. The third kappa shape index (κ3) is 7.92.